The monoisotopic (exact) mass is 317 g/mol. The molecule has 0 amide bonds. The van der Waals surface area contributed by atoms with E-state index in [4.69, 9.17) is 0 Å². The molecule has 3 fully saturated rings. The fourth-order valence-corrected chi connectivity index (χ4v) is 3.82. The summed E-state index contributed by atoms with van der Waals surface area (Å²) in [4.78, 5) is 16.1. The number of aliphatic hydroxyl groups excluding tert-OH is 1. The first-order valence-corrected chi connectivity index (χ1v) is 9.00. The van der Waals surface area contributed by atoms with Crippen LogP contribution >= 0.6 is 0 Å². The van der Waals surface area contributed by atoms with Gasteiger partial charge >= 0.3 is 0 Å². The Labute approximate surface area is 138 Å². The quantitative estimate of drug-likeness (QED) is 0.873. The number of rotatable bonds is 5. The normalized spacial score (nSPS) is 26.0. The summed E-state index contributed by atoms with van der Waals surface area (Å²) in [5.74, 6) is 2.97. The van der Waals surface area contributed by atoms with Crippen molar-refractivity contribution in [1.82, 2.24) is 14.9 Å². The lowest BCUT2D eigenvalue weighted by Gasteiger charge is -2.35. The van der Waals surface area contributed by atoms with Gasteiger partial charge in [0.25, 0.3) is 0 Å². The molecule has 0 bridgehead atoms. The van der Waals surface area contributed by atoms with Crippen LogP contribution < -0.4 is 9.80 Å². The topological polar surface area (TPSA) is 55.7 Å². The Morgan fingerprint density at radius 2 is 1.78 bits per heavy atom. The lowest BCUT2D eigenvalue weighted by atomic mass is 10.2. The number of anilines is 2. The van der Waals surface area contributed by atoms with E-state index >= 15 is 0 Å². The van der Waals surface area contributed by atoms with Crippen molar-refractivity contribution in [2.45, 2.75) is 31.7 Å². The highest BCUT2D eigenvalue weighted by atomic mass is 16.3. The van der Waals surface area contributed by atoms with Gasteiger partial charge in [0, 0.05) is 45.3 Å². The van der Waals surface area contributed by atoms with Crippen LogP contribution in [0.4, 0.5) is 11.6 Å². The zero-order valence-corrected chi connectivity index (χ0v) is 13.8. The lowest BCUT2D eigenvalue weighted by molar-refractivity contribution is 0.247. The molecule has 1 aliphatic carbocycles. The Balaban J connectivity index is 1.40. The van der Waals surface area contributed by atoms with Crippen molar-refractivity contribution in [2.75, 3.05) is 55.7 Å². The summed E-state index contributed by atoms with van der Waals surface area (Å²) in [7, 11) is 0. The molecule has 126 valence electrons. The summed E-state index contributed by atoms with van der Waals surface area (Å²) in [6.07, 6.45) is 6.71. The fourth-order valence-electron chi connectivity index (χ4n) is 3.82. The van der Waals surface area contributed by atoms with Gasteiger partial charge in [-0.05, 0) is 31.6 Å². The Morgan fingerprint density at radius 1 is 1.00 bits per heavy atom. The van der Waals surface area contributed by atoms with Crippen LogP contribution in [0.1, 0.15) is 25.7 Å². The molecular formula is C17H27N5O. The van der Waals surface area contributed by atoms with E-state index in [1.807, 2.05) is 0 Å². The Hall–Kier alpha value is -1.40. The minimum Gasteiger partial charge on any atom is -0.394 e. The van der Waals surface area contributed by atoms with E-state index in [0.29, 0.717) is 0 Å². The first-order valence-electron chi connectivity index (χ1n) is 9.00. The van der Waals surface area contributed by atoms with Gasteiger partial charge in [0.1, 0.15) is 18.0 Å². The molecule has 6 nitrogen and oxygen atoms in total. The molecular weight excluding hydrogens is 290 g/mol. The molecule has 1 aromatic heterocycles. The molecule has 6 heteroatoms. The average Bonchev–Trinajstić information content (AvgIpc) is 3.28. The predicted molar refractivity (Wildman–Crippen MR) is 90.9 cm³/mol. The zero-order chi connectivity index (χ0) is 15.6. The Bertz CT molecular complexity index is 527. The first-order chi connectivity index (χ1) is 11.3. The van der Waals surface area contributed by atoms with Crippen molar-refractivity contribution in [3.05, 3.63) is 12.4 Å². The van der Waals surface area contributed by atoms with E-state index in [2.05, 4.69) is 30.7 Å². The second kappa shape index (κ2) is 6.61. The van der Waals surface area contributed by atoms with Crippen molar-refractivity contribution in [1.29, 1.82) is 0 Å². The fraction of sp³-hybridized carbons (Fsp3) is 0.765. The van der Waals surface area contributed by atoms with Gasteiger partial charge in [0.2, 0.25) is 0 Å². The number of nitrogens with zero attached hydrogens (tertiary/aromatic N) is 5. The van der Waals surface area contributed by atoms with Crippen molar-refractivity contribution in [2.24, 2.45) is 5.92 Å². The van der Waals surface area contributed by atoms with Gasteiger partial charge in [-0.25, -0.2) is 9.97 Å². The van der Waals surface area contributed by atoms with Gasteiger partial charge < -0.3 is 14.9 Å². The average molecular weight is 317 g/mol. The van der Waals surface area contributed by atoms with Crippen molar-refractivity contribution in [3.63, 3.8) is 0 Å². The molecule has 1 aromatic rings. The zero-order valence-electron chi connectivity index (χ0n) is 13.8. The standard InChI is InChI=1S/C17H27N5O/c23-12-15-2-1-5-22(15)17-10-16(18-13-19-17)21-8-6-20(7-9-21)11-14-3-4-14/h10,13-15,23H,1-9,11-12H2/t15-/m1/s1. The summed E-state index contributed by atoms with van der Waals surface area (Å²) in [6.45, 7) is 6.85. The Morgan fingerprint density at radius 3 is 2.52 bits per heavy atom. The van der Waals surface area contributed by atoms with Crippen molar-refractivity contribution < 1.29 is 5.11 Å². The lowest BCUT2D eigenvalue weighted by Crippen LogP contribution is -2.47. The van der Waals surface area contributed by atoms with Crippen LogP contribution in [0.3, 0.4) is 0 Å². The second-order valence-corrected chi connectivity index (χ2v) is 7.14. The summed E-state index contributed by atoms with van der Waals surface area (Å²) in [5.41, 5.74) is 0. The highest BCUT2D eigenvalue weighted by molar-refractivity contribution is 5.51. The van der Waals surface area contributed by atoms with E-state index in [-0.39, 0.29) is 12.6 Å². The summed E-state index contributed by atoms with van der Waals surface area (Å²) < 4.78 is 0. The molecule has 1 saturated carbocycles. The molecule has 4 rings (SSSR count). The molecule has 0 radical (unpaired) electrons. The number of aromatic nitrogens is 2. The first kappa shape index (κ1) is 15.1. The maximum absolute atomic E-state index is 9.52. The van der Waals surface area contributed by atoms with E-state index in [0.717, 1.165) is 63.1 Å². The van der Waals surface area contributed by atoms with Crippen LogP contribution in [0, 0.1) is 5.92 Å². The molecule has 2 aliphatic heterocycles. The van der Waals surface area contributed by atoms with Gasteiger partial charge in [-0.2, -0.15) is 0 Å². The highest BCUT2D eigenvalue weighted by Crippen LogP contribution is 2.30. The minimum atomic E-state index is 0.208. The van der Waals surface area contributed by atoms with Crippen LogP contribution in [0.25, 0.3) is 0 Å². The molecule has 0 spiro atoms. The van der Waals surface area contributed by atoms with Gasteiger partial charge in [-0.15, -0.1) is 0 Å². The highest BCUT2D eigenvalue weighted by Gasteiger charge is 2.28. The molecule has 0 aromatic carbocycles. The third-order valence-corrected chi connectivity index (χ3v) is 5.43. The largest absolute Gasteiger partial charge is 0.394 e. The second-order valence-electron chi connectivity index (χ2n) is 7.14. The maximum Gasteiger partial charge on any atom is 0.134 e. The molecule has 2 saturated heterocycles. The minimum absolute atomic E-state index is 0.208. The van der Waals surface area contributed by atoms with Crippen LogP contribution in [-0.2, 0) is 0 Å². The SMILES string of the molecule is OC[C@H]1CCCN1c1cc(N2CCN(CC3CC3)CC2)ncn1. The van der Waals surface area contributed by atoms with E-state index in [1.165, 1.54) is 19.4 Å². The van der Waals surface area contributed by atoms with Crippen LogP contribution in [0.2, 0.25) is 0 Å². The summed E-state index contributed by atoms with van der Waals surface area (Å²) in [5, 5.41) is 9.52. The van der Waals surface area contributed by atoms with Crippen molar-refractivity contribution in [3.8, 4) is 0 Å². The third-order valence-electron chi connectivity index (χ3n) is 5.43. The predicted octanol–water partition coefficient (Wildman–Crippen LogP) is 0.970. The van der Waals surface area contributed by atoms with E-state index < -0.39 is 0 Å². The van der Waals surface area contributed by atoms with Gasteiger partial charge in [-0.1, -0.05) is 0 Å². The molecule has 3 aliphatic rings. The number of hydrogen-bond acceptors (Lipinski definition) is 6. The maximum atomic E-state index is 9.52. The van der Waals surface area contributed by atoms with E-state index in [1.54, 1.807) is 6.33 Å². The van der Waals surface area contributed by atoms with Crippen LogP contribution in [-0.4, -0.2) is 71.9 Å². The number of hydrogen-bond donors (Lipinski definition) is 1. The van der Waals surface area contributed by atoms with Gasteiger partial charge in [0.05, 0.1) is 12.6 Å². The molecule has 1 N–H and O–H groups in total. The van der Waals surface area contributed by atoms with Crippen LogP contribution in [0.5, 0.6) is 0 Å². The molecule has 3 heterocycles. The Kier molecular flexibility index (Phi) is 4.35. The molecule has 1 atom stereocenters. The number of aliphatic hydroxyl groups is 1. The molecule has 0 unspecified atom stereocenters. The summed E-state index contributed by atoms with van der Waals surface area (Å²) in [6, 6.07) is 2.32. The third kappa shape index (κ3) is 3.43. The van der Waals surface area contributed by atoms with E-state index in [9.17, 15) is 5.11 Å². The smallest absolute Gasteiger partial charge is 0.134 e. The van der Waals surface area contributed by atoms with Gasteiger partial charge in [-0.3, -0.25) is 4.90 Å². The molecule has 23 heavy (non-hydrogen) atoms. The van der Waals surface area contributed by atoms with Gasteiger partial charge in [0.15, 0.2) is 0 Å². The van der Waals surface area contributed by atoms with Crippen molar-refractivity contribution >= 4 is 11.6 Å². The van der Waals surface area contributed by atoms with Crippen LogP contribution in [0.15, 0.2) is 12.4 Å². The number of piperazine rings is 1. The summed E-state index contributed by atoms with van der Waals surface area (Å²) >= 11 is 0.